The Kier molecular flexibility index (Phi) is 10.4. The number of aromatic amines is 3. The smallest absolute Gasteiger partial charge is 0.328 e. The maximum atomic E-state index is 9.97. The molecule has 0 radical (unpaired) electrons. The fourth-order valence-corrected chi connectivity index (χ4v) is 1.56. The number of aromatic nitrogens is 6. The highest BCUT2D eigenvalue weighted by Gasteiger charge is 1.89. The minimum atomic E-state index is -0.963. The van der Waals surface area contributed by atoms with E-state index in [1.54, 1.807) is 18.6 Å². The van der Waals surface area contributed by atoms with Crippen molar-refractivity contribution in [2.75, 3.05) is 0 Å². The van der Waals surface area contributed by atoms with E-state index in [1.807, 2.05) is 0 Å². The molecule has 3 heterocycles. The molecule has 0 saturated heterocycles. The maximum absolute atomic E-state index is 9.97. The first-order valence-corrected chi connectivity index (χ1v) is 8.05. The summed E-state index contributed by atoms with van der Waals surface area (Å²) in [7, 11) is 0. The number of H-pyrrole nitrogens is 3. The zero-order valence-corrected chi connectivity index (χ0v) is 15.3. The van der Waals surface area contributed by atoms with Gasteiger partial charge in [-0.2, -0.15) is 0 Å². The Morgan fingerprint density at radius 2 is 0.867 bits per heavy atom. The molecule has 12 heteroatoms. The fourth-order valence-electron chi connectivity index (χ4n) is 1.56. The van der Waals surface area contributed by atoms with E-state index in [0.29, 0.717) is 17.1 Å². The van der Waals surface area contributed by atoms with Crippen molar-refractivity contribution >= 4 is 36.1 Å². The minimum Gasteiger partial charge on any atom is -0.478 e. The molecular weight excluding hydrogens is 396 g/mol. The lowest BCUT2D eigenvalue weighted by molar-refractivity contribution is -0.132. The number of carbonyl (C=O) groups is 3. The summed E-state index contributed by atoms with van der Waals surface area (Å²) >= 11 is 0. The summed E-state index contributed by atoms with van der Waals surface area (Å²) < 4.78 is 0. The first-order chi connectivity index (χ1) is 14.4. The SMILES string of the molecule is O=C(O)C=Cc1cnc[nH]1.O=C(O)C=Cc1cnc[nH]1.O=C(O)C=Cc1cnc[nH]1. The van der Waals surface area contributed by atoms with E-state index in [2.05, 4.69) is 29.9 Å². The third kappa shape index (κ3) is 11.8. The second-order valence-corrected chi connectivity index (χ2v) is 5.04. The topological polar surface area (TPSA) is 198 Å². The van der Waals surface area contributed by atoms with Crippen molar-refractivity contribution in [2.24, 2.45) is 0 Å². The van der Waals surface area contributed by atoms with E-state index in [0.717, 1.165) is 18.2 Å². The molecular formula is C18H18N6O6. The van der Waals surface area contributed by atoms with Gasteiger partial charge in [0.25, 0.3) is 0 Å². The van der Waals surface area contributed by atoms with Gasteiger partial charge in [-0.1, -0.05) is 0 Å². The summed E-state index contributed by atoms with van der Waals surface area (Å²) in [5.41, 5.74) is 2.05. The van der Waals surface area contributed by atoms with Gasteiger partial charge in [-0.15, -0.1) is 0 Å². The number of hydrogen-bond donors (Lipinski definition) is 6. The molecule has 0 amide bonds. The molecule has 3 aromatic rings. The first-order valence-electron chi connectivity index (χ1n) is 8.05. The molecule has 0 aliphatic heterocycles. The number of hydrogen-bond acceptors (Lipinski definition) is 6. The van der Waals surface area contributed by atoms with Gasteiger partial charge in [0.1, 0.15) is 0 Å². The van der Waals surface area contributed by atoms with Crippen LogP contribution in [0.15, 0.2) is 55.8 Å². The second-order valence-electron chi connectivity index (χ2n) is 5.04. The van der Waals surface area contributed by atoms with E-state index in [9.17, 15) is 14.4 Å². The number of nitrogens with one attached hydrogen (secondary N) is 3. The largest absolute Gasteiger partial charge is 0.478 e. The van der Waals surface area contributed by atoms with Gasteiger partial charge in [-0.05, 0) is 18.2 Å². The average molecular weight is 414 g/mol. The van der Waals surface area contributed by atoms with Crippen molar-refractivity contribution in [3.63, 3.8) is 0 Å². The van der Waals surface area contributed by atoms with Gasteiger partial charge in [0.05, 0.1) is 54.7 Å². The highest BCUT2D eigenvalue weighted by Crippen LogP contribution is 1.94. The molecule has 0 aliphatic rings. The molecule has 0 fully saturated rings. The zero-order chi connectivity index (χ0) is 22.2. The van der Waals surface area contributed by atoms with Gasteiger partial charge in [-0.3, -0.25) is 0 Å². The van der Waals surface area contributed by atoms with Gasteiger partial charge in [-0.25, -0.2) is 29.3 Å². The predicted octanol–water partition coefficient (Wildman–Crippen LogP) is 1.52. The number of rotatable bonds is 6. The van der Waals surface area contributed by atoms with Crippen LogP contribution < -0.4 is 0 Å². The quantitative estimate of drug-likeness (QED) is 0.324. The van der Waals surface area contributed by atoms with Crippen LogP contribution in [0.2, 0.25) is 0 Å². The molecule has 0 spiro atoms. The summed E-state index contributed by atoms with van der Waals surface area (Å²) in [6.45, 7) is 0. The third-order valence-electron chi connectivity index (χ3n) is 2.77. The van der Waals surface area contributed by atoms with Crippen molar-refractivity contribution < 1.29 is 29.7 Å². The van der Waals surface area contributed by atoms with E-state index >= 15 is 0 Å². The molecule has 0 atom stereocenters. The van der Waals surface area contributed by atoms with Gasteiger partial charge in [0.2, 0.25) is 0 Å². The predicted molar refractivity (Wildman–Crippen MR) is 106 cm³/mol. The Morgan fingerprint density at radius 1 is 0.600 bits per heavy atom. The van der Waals surface area contributed by atoms with Crippen molar-refractivity contribution in [2.45, 2.75) is 0 Å². The summed E-state index contributed by atoms with van der Waals surface area (Å²) in [6, 6.07) is 0. The molecule has 0 unspecified atom stereocenters. The zero-order valence-electron chi connectivity index (χ0n) is 15.3. The minimum absolute atomic E-state index is 0.683. The normalized spacial score (nSPS) is 10.4. The van der Waals surface area contributed by atoms with E-state index in [4.69, 9.17) is 15.3 Å². The van der Waals surface area contributed by atoms with Gasteiger partial charge in [0, 0.05) is 18.2 Å². The number of aliphatic carboxylic acids is 3. The monoisotopic (exact) mass is 414 g/mol. The van der Waals surface area contributed by atoms with Crippen molar-refractivity contribution in [1.82, 2.24) is 29.9 Å². The second kappa shape index (κ2) is 13.4. The molecule has 30 heavy (non-hydrogen) atoms. The molecule has 0 aliphatic carbocycles. The first kappa shape index (κ1) is 23.3. The Balaban J connectivity index is 0.000000225. The molecule has 0 aromatic carbocycles. The lowest BCUT2D eigenvalue weighted by Gasteiger charge is -1.79. The van der Waals surface area contributed by atoms with Crippen LogP contribution in [-0.4, -0.2) is 63.1 Å². The van der Waals surface area contributed by atoms with Crippen LogP contribution in [0.25, 0.3) is 18.2 Å². The molecule has 12 nitrogen and oxygen atoms in total. The molecule has 3 aromatic heterocycles. The highest BCUT2D eigenvalue weighted by atomic mass is 16.4. The lowest BCUT2D eigenvalue weighted by Crippen LogP contribution is -1.85. The maximum Gasteiger partial charge on any atom is 0.328 e. The van der Waals surface area contributed by atoms with Crippen LogP contribution in [0.5, 0.6) is 0 Å². The summed E-state index contributed by atoms with van der Waals surface area (Å²) in [4.78, 5) is 49.2. The van der Waals surface area contributed by atoms with Gasteiger partial charge >= 0.3 is 17.9 Å². The molecule has 156 valence electrons. The van der Waals surface area contributed by atoms with E-state index < -0.39 is 17.9 Å². The lowest BCUT2D eigenvalue weighted by atomic mass is 10.4. The van der Waals surface area contributed by atoms with Gasteiger partial charge in [0.15, 0.2) is 0 Å². The number of carboxylic acids is 3. The summed E-state index contributed by atoms with van der Waals surface area (Å²) in [5, 5.41) is 24.6. The van der Waals surface area contributed by atoms with E-state index in [-0.39, 0.29) is 0 Å². The van der Waals surface area contributed by atoms with Crippen LogP contribution >= 0.6 is 0 Å². The average Bonchev–Trinajstić information content (AvgIpc) is 3.48. The van der Waals surface area contributed by atoms with Crippen LogP contribution in [0.1, 0.15) is 17.1 Å². The van der Waals surface area contributed by atoms with Crippen molar-refractivity contribution in [3.05, 3.63) is 72.9 Å². The molecule has 6 N–H and O–H groups in total. The summed E-state index contributed by atoms with van der Waals surface area (Å²) in [5.74, 6) is -2.89. The Morgan fingerprint density at radius 3 is 1.03 bits per heavy atom. The highest BCUT2D eigenvalue weighted by molar-refractivity contribution is 5.85. The number of carboxylic acid groups (broad SMARTS) is 3. The van der Waals surface area contributed by atoms with Crippen LogP contribution in [0.3, 0.4) is 0 Å². The van der Waals surface area contributed by atoms with Crippen molar-refractivity contribution in [3.8, 4) is 0 Å². The van der Waals surface area contributed by atoms with Crippen molar-refractivity contribution in [1.29, 1.82) is 0 Å². The van der Waals surface area contributed by atoms with Crippen LogP contribution in [0, 0.1) is 0 Å². The van der Waals surface area contributed by atoms with Gasteiger partial charge < -0.3 is 30.3 Å². The summed E-state index contributed by atoms with van der Waals surface area (Å²) in [6.07, 6.45) is 16.6. The Labute approximate surface area is 169 Å². The molecule has 3 rings (SSSR count). The molecule has 0 bridgehead atoms. The van der Waals surface area contributed by atoms with E-state index in [1.165, 1.54) is 37.2 Å². The Hall–Kier alpha value is -4.74. The van der Waals surface area contributed by atoms with Crippen LogP contribution in [0.4, 0.5) is 0 Å². The number of nitrogens with zero attached hydrogens (tertiary/aromatic N) is 3. The Bertz CT molecular complexity index is 844. The van der Waals surface area contributed by atoms with Crippen LogP contribution in [-0.2, 0) is 14.4 Å². The standard InChI is InChI=1S/3C6H6N2O2/c3*9-6(10)2-1-5-3-7-4-8-5/h3*1-4H,(H,7,8)(H,9,10). The third-order valence-corrected chi connectivity index (χ3v) is 2.77. The molecule has 0 saturated carbocycles. The fraction of sp³-hybridized carbons (Fsp3) is 0. The number of imidazole rings is 3.